The van der Waals surface area contributed by atoms with Crippen molar-refractivity contribution in [1.82, 2.24) is 15.5 Å². The van der Waals surface area contributed by atoms with E-state index in [9.17, 15) is 14.4 Å². The van der Waals surface area contributed by atoms with Crippen molar-refractivity contribution >= 4 is 17.9 Å². The lowest BCUT2D eigenvalue weighted by Gasteiger charge is -2.31. The van der Waals surface area contributed by atoms with Crippen LogP contribution in [0.25, 0.3) is 0 Å². The molecule has 2 rings (SSSR count). The van der Waals surface area contributed by atoms with Crippen LogP contribution in [0.1, 0.15) is 54.3 Å². The van der Waals surface area contributed by atoms with E-state index in [0.29, 0.717) is 43.7 Å². The molecule has 1 aliphatic heterocycles. The van der Waals surface area contributed by atoms with Crippen LogP contribution in [0.2, 0.25) is 0 Å². The van der Waals surface area contributed by atoms with E-state index in [-0.39, 0.29) is 30.0 Å². The summed E-state index contributed by atoms with van der Waals surface area (Å²) >= 11 is 0. The van der Waals surface area contributed by atoms with Crippen molar-refractivity contribution in [3.63, 3.8) is 0 Å². The molecule has 0 aliphatic carbocycles. The van der Waals surface area contributed by atoms with Crippen molar-refractivity contribution in [2.24, 2.45) is 0 Å². The Labute approximate surface area is 154 Å². The van der Waals surface area contributed by atoms with Gasteiger partial charge >= 0.3 is 6.09 Å². The molecule has 1 saturated heterocycles. The Balaban J connectivity index is 1.90. The third-order valence-corrected chi connectivity index (χ3v) is 4.16. The molecule has 1 aliphatic rings. The monoisotopic (exact) mass is 361 g/mol. The number of rotatable bonds is 5. The van der Waals surface area contributed by atoms with Crippen molar-refractivity contribution in [3.8, 4) is 0 Å². The van der Waals surface area contributed by atoms with Crippen molar-refractivity contribution < 1.29 is 19.1 Å². The van der Waals surface area contributed by atoms with Crippen LogP contribution >= 0.6 is 0 Å². The van der Waals surface area contributed by atoms with E-state index >= 15 is 0 Å². The highest BCUT2D eigenvalue weighted by molar-refractivity contribution is 5.99. The number of likely N-dealkylation sites (tertiary alicyclic amines) is 1. The molecule has 0 aromatic heterocycles. The standard InChI is InChI=1S/C19H27N3O4/c1-4-26-19(25)22-10-8-16(9-11-22)21-18(24)15-7-5-6-14(12-15)17(23)20-13(2)3/h5-7,12-13,16H,4,8-11H2,1-3H3,(H,20,23)(H,21,24). The molecular formula is C19H27N3O4. The average Bonchev–Trinajstić information content (AvgIpc) is 2.62. The quantitative estimate of drug-likeness (QED) is 0.841. The zero-order chi connectivity index (χ0) is 19.1. The third kappa shape index (κ3) is 5.47. The molecule has 1 fully saturated rings. The molecule has 0 unspecified atom stereocenters. The highest BCUT2D eigenvalue weighted by atomic mass is 16.6. The predicted molar refractivity (Wildman–Crippen MR) is 98.1 cm³/mol. The molecule has 0 saturated carbocycles. The van der Waals surface area contributed by atoms with Crippen LogP contribution in [0.3, 0.4) is 0 Å². The fourth-order valence-corrected chi connectivity index (χ4v) is 2.84. The fourth-order valence-electron chi connectivity index (χ4n) is 2.84. The van der Waals surface area contributed by atoms with Gasteiger partial charge in [-0.25, -0.2) is 4.79 Å². The minimum Gasteiger partial charge on any atom is -0.450 e. The first kappa shape index (κ1) is 19.8. The number of carbonyl (C=O) groups is 3. The van der Waals surface area contributed by atoms with Gasteiger partial charge in [-0.3, -0.25) is 9.59 Å². The zero-order valence-corrected chi connectivity index (χ0v) is 15.6. The molecule has 0 radical (unpaired) electrons. The zero-order valence-electron chi connectivity index (χ0n) is 15.6. The number of nitrogens with zero attached hydrogens (tertiary/aromatic N) is 1. The number of piperidine rings is 1. The summed E-state index contributed by atoms with van der Waals surface area (Å²) in [6.07, 6.45) is 1.05. The van der Waals surface area contributed by atoms with Crippen molar-refractivity contribution in [1.29, 1.82) is 0 Å². The summed E-state index contributed by atoms with van der Waals surface area (Å²) < 4.78 is 4.99. The van der Waals surface area contributed by atoms with E-state index in [1.54, 1.807) is 36.1 Å². The first-order valence-corrected chi connectivity index (χ1v) is 9.04. The summed E-state index contributed by atoms with van der Waals surface area (Å²) in [5, 5.41) is 5.80. The Kier molecular flexibility index (Phi) is 7.00. The Morgan fingerprint density at radius 1 is 1.15 bits per heavy atom. The second kappa shape index (κ2) is 9.22. The van der Waals surface area contributed by atoms with Gasteiger partial charge in [-0.05, 0) is 51.8 Å². The lowest BCUT2D eigenvalue weighted by Crippen LogP contribution is -2.46. The van der Waals surface area contributed by atoms with E-state index < -0.39 is 0 Å². The SMILES string of the molecule is CCOC(=O)N1CCC(NC(=O)c2cccc(C(=O)NC(C)C)c2)CC1. The van der Waals surface area contributed by atoms with Gasteiger partial charge < -0.3 is 20.3 Å². The number of hydrogen-bond acceptors (Lipinski definition) is 4. The van der Waals surface area contributed by atoms with E-state index in [1.165, 1.54) is 0 Å². The fraction of sp³-hybridized carbons (Fsp3) is 0.526. The number of nitrogens with one attached hydrogen (secondary N) is 2. The molecule has 7 nitrogen and oxygen atoms in total. The molecule has 26 heavy (non-hydrogen) atoms. The average molecular weight is 361 g/mol. The molecule has 0 atom stereocenters. The topological polar surface area (TPSA) is 87.7 Å². The van der Waals surface area contributed by atoms with E-state index in [2.05, 4.69) is 10.6 Å². The van der Waals surface area contributed by atoms with Crippen LogP contribution in [0.5, 0.6) is 0 Å². The van der Waals surface area contributed by atoms with Crippen LogP contribution in [0.4, 0.5) is 4.79 Å². The van der Waals surface area contributed by atoms with Gasteiger partial charge in [-0.1, -0.05) is 6.07 Å². The van der Waals surface area contributed by atoms with Gasteiger partial charge in [0.15, 0.2) is 0 Å². The molecule has 1 aromatic rings. The predicted octanol–water partition coefficient (Wildman–Crippen LogP) is 2.18. The van der Waals surface area contributed by atoms with Gasteiger partial charge in [-0.15, -0.1) is 0 Å². The molecule has 0 spiro atoms. The van der Waals surface area contributed by atoms with Crippen LogP contribution in [-0.4, -0.2) is 54.6 Å². The molecule has 0 bridgehead atoms. The molecule has 1 aromatic carbocycles. The minimum absolute atomic E-state index is 0.00123. The largest absolute Gasteiger partial charge is 0.450 e. The van der Waals surface area contributed by atoms with E-state index in [1.807, 2.05) is 13.8 Å². The molecule has 142 valence electrons. The maximum absolute atomic E-state index is 12.5. The van der Waals surface area contributed by atoms with Gasteiger partial charge in [-0.2, -0.15) is 0 Å². The maximum atomic E-state index is 12.5. The number of ether oxygens (including phenoxy) is 1. The summed E-state index contributed by atoms with van der Waals surface area (Å²) in [7, 11) is 0. The molecule has 3 amide bonds. The Hall–Kier alpha value is -2.57. The molecule has 2 N–H and O–H groups in total. The smallest absolute Gasteiger partial charge is 0.409 e. The summed E-state index contributed by atoms with van der Waals surface area (Å²) in [6.45, 7) is 7.02. The summed E-state index contributed by atoms with van der Waals surface area (Å²) in [5.41, 5.74) is 0.915. The second-order valence-electron chi connectivity index (χ2n) is 6.64. The second-order valence-corrected chi connectivity index (χ2v) is 6.64. The van der Waals surface area contributed by atoms with Crippen LogP contribution in [0, 0.1) is 0 Å². The first-order chi connectivity index (χ1) is 12.4. The Morgan fingerprint density at radius 2 is 1.77 bits per heavy atom. The lowest BCUT2D eigenvalue weighted by molar-refractivity contribution is 0.0859. The molecule has 7 heteroatoms. The highest BCUT2D eigenvalue weighted by Gasteiger charge is 2.25. The van der Waals surface area contributed by atoms with E-state index in [4.69, 9.17) is 4.74 Å². The van der Waals surface area contributed by atoms with Crippen LogP contribution in [-0.2, 0) is 4.74 Å². The normalized spacial score (nSPS) is 14.8. The van der Waals surface area contributed by atoms with Crippen LogP contribution in [0.15, 0.2) is 24.3 Å². The van der Waals surface area contributed by atoms with Gasteiger partial charge in [0.05, 0.1) is 6.61 Å². The molecular weight excluding hydrogens is 334 g/mol. The van der Waals surface area contributed by atoms with Crippen molar-refractivity contribution in [2.45, 2.75) is 45.7 Å². The number of carbonyl (C=O) groups excluding carboxylic acids is 3. The maximum Gasteiger partial charge on any atom is 0.409 e. The summed E-state index contributed by atoms with van der Waals surface area (Å²) in [5.74, 6) is -0.406. The number of hydrogen-bond donors (Lipinski definition) is 2. The first-order valence-electron chi connectivity index (χ1n) is 9.04. The van der Waals surface area contributed by atoms with Gasteiger partial charge in [0.2, 0.25) is 0 Å². The van der Waals surface area contributed by atoms with E-state index in [0.717, 1.165) is 0 Å². The minimum atomic E-state index is -0.304. The number of amides is 3. The van der Waals surface area contributed by atoms with Crippen LogP contribution < -0.4 is 10.6 Å². The van der Waals surface area contributed by atoms with Gasteiger partial charge in [0.25, 0.3) is 11.8 Å². The summed E-state index contributed by atoms with van der Waals surface area (Å²) in [4.78, 5) is 37.9. The molecule has 1 heterocycles. The lowest BCUT2D eigenvalue weighted by atomic mass is 10.0. The van der Waals surface area contributed by atoms with Gasteiger partial charge in [0.1, 0.15) is 0 Å². The Morgan fingerprint density at radius 3 is 2.35 bits per heavy atom. The third-order valence-electron chi connectivity index (χ3n) is 4.16. The number of benzene rings is 1. The van der Waals surface area contributed by atoms with Crippen molar-refractivity contribution in [3.05, 3.63) is 35.4 Å². The van der Waals surface area contributed by atoms with Crippen molar-refractivity contribution in [2.75, 3.05) is 19.7 Å². The summed E-state index contributed by atoms with van der Waals surface area (Å²) in [6, 6.07) is 6.71. The highest BCUT2D eigenvalue weighted by Crippen LogP contribution is 2.13. The van der Waals surface area contributed by atoms with Gasteiger partial charge in [0, 0.05) is 36.3 Å². The Bertz CT molecular complexity index is 652.